The summed E-state index contributed by atoms with van der Waals surface area (Å²) in [7, 11) is 0. The molecule has 1 aromatic carbocycles. The number of rotatable bonds is 0. The fourth-order valence-electron chi connectivity index (χ4n) is 3.29. The molecular weight excluding hydrogens is 417 g/mol. The lowest BCUT2D eigenvalue weighted by Crippen LogP contribution is -2.29. The second-order valence-electron chi connectivity index (χ2n) is 6.96. The number of carboxylic acids is 1. The summed E-state index contributed by atoms with van der Waals surface area (Å²) in [5, 5.41) is 10.6. The summed E-state index contributed by atoms with van der Waals surface area (Å²) in [5.74, 6) is -2.20. The molecule has 2 N–H and O–H groups in total. The molecule has 0 bridgehead atoms. The van der Waals surface area contributed by atoms with Gasteiger partial charge in [0.05, 0.1) is 22.5 Å². The highest BCUT2D eigenvalue weighted by molar-refractivity contribution is 5.98. The summed E-state index contributed by atoms with van der Waals surface area (Å²) in [6, 6.07) is 6.80. The third-order valence-corrected chi connectivity index (χ3v) is 4.56. The van der Waals surface area contributed by atoms with Crippen molar-refractivity contribution in [1.29, 1.82) is 0 Å². The second-order valence-corrected chi connectivity index (χ2v) is 6.96. The van der Waals surface area contributed by atoms with Crippen LogP contribution in [0.4, 0.5) is 13.2 Å². The van der Waals surface area contributed by atoms with Crippen molar-refractivity contribution in [2.75, 3.05) is 0 Å². The van der Waals surface area contributed by atoms with Crippen LogP contribution in [-0.4, -0.2) is 37.7 Å². The Balaban J connectivity index is 0.000000339. The van der Waals surface area contributed by atoms with Crippen molar-refractivity contribution >= 4 is 22.8 Å². The van der Waals surface area contributed by atoms with E-state index in [9.17, 15) is 22.8 Å². The Morgan fingerprint density at radius 2 is 1.87 bits per heavy atom. The number of carbonyl (C=O) groups is 2. The molecule has 0 radical (unpaired) electrons. The summed E-state index contributed by atoms with van der Waals surface area (Å²) in [4.78, 5) is 43.5. The molecule has 11 heteroatoms. The number of aryl methyl sites for hydroxylation is 2. The molecule has 162 valence electrons. The van der Waals surface area contributed by atoms with Crippen molar-refractivity contribution in [3.05, 3.63) is 63.3 Å². The van der Waals surface area contributed by atoms with Crippen LogP contribution in [0, 0.1) is 13.8 Å². The molecule has 1 unspecified atom stereocenters. The minimum Gasteiger partial charge on any atom is -0.475 e. The Bertz CT molecular complexity index is 1270. The van der Waals surface area contributed by atoms with Crippen LogP contribution in [0.5, 0.6) is 0 Å². The number of aromatic nitrogens is 3. The van der Waals surface area contributed by atoms with Gasteiger partial charge in [-0.3, -0.25) is 9.59 Å². The van der Waals surface area contributed by atoms with E-state index in [2.05, 4.69) is 15.3 Å². The van der Waals surface area contributed by atoms with Gasteiger partial charge in [-0.15, -0.1) is 0 Å². The largest absolute Gasteiger partial charge is 0.490 e. The quantitative estimate of drug-likeness (QED) is 0.563. The number of hydrogen-bond donors (Lipinski definition) is 2. The van der Waals surface area contributed by atoms with Gasteiger partial charge in [0, 0.05) is 6.20 Å². The van der Waals surface area contributed by atoms with Gasteiger partial charge in [0.2, 0.25) is 0 Å². The van der Waals surface area contributed by atoms with Crippen molar-refractivity contribution in [2.24, 2.45) is 0 Å². The van der Waals surface area contributed by atoms with Crippen molar-refractivity contribution in [3.8, 4) is 5.82 Å². The molecule has 1 atom stereocenters. The predicted molar refractivity (Wildman–Crippen MR) is 104 cm³/mol. The van der Waals surface area contributed by atoms with Gasteiger partial charge in [-0.2, -0.15) is 13.2 Å². The smallest absolute Gasteiger partial charge is 0.475 e. The molecule has 0 fully saturated rings. The van der Waals surface area contributed by atoms with Gasteiger partial charge in [0.1, 0.15) is 5.82 Å². The summed E-state index contributed by atoms with van der Waals surface area (Å²) in [6.07, 6.45) is -3.51. The minimum absolute atomic E-state index is 0.198. The van der Waals surface area contributed by atoms with Crippen LogP contribution in [-0.2, 0) is 4.79 Å². The van der Waals surface area contributed by atoms with Crippen LogP contribution in [0.15, 0.2) is 35.3 Å². The molecule has 8 nitrogen and oxygen atoms in total. The zero-order chi connectivity index (χ0) is 23.1. The fourth-order valence-corrected chi connectivity index (χ4v) is 3.29. The molecule has 2 aromatic heterocycles. The standard InChI is InChI=1S/C18H16N4O2.C2HF3O2/c1-9-7-10(2)14-13(8-9)21-15-11(3)20-17(23)12-5-4-6-19-16(12)22(15)18(14)24;3-2(4,5)1(6)7/h4-8,11H,1-3H3,(H,20,23);(H,6,7). The summed E-state index contributed by atoms with van der Waals surface area (Å²) in [6.45, 7) is 5.68. The number of fused-ring (bicyclic) bond motifs is 4. The van der Waals surface area contributed by atoms with E-state index in [4.69, 9.17) is 9.90 Å². The van der Waals surface area contributed by atoms with Crippen LogP contribution < -0.4 is 10.9 Å². The molecule has 4 rings (SSSR count). The van der Waals surface area contributed by atoms with Crippen molar-refractivity contribution in [3.63, 3.8) is 0 Å². The maximum absolute atomic E-state index is 13.2. The maximum Gasteiger partial charge on any atom is 0.490 e. The Labute approximate surface area is 173 Å². The minimum atomic E-state index is -5.08. The lowest BCUT2D eigenvalue weighted by Gasteiger charge is -2.16. The first-order chi connectivity index (χ1) is 14.4. The number of nitrogens with zero attached hydrogens (tertiary/aromatic N) is 3. The van der Waals surface area contributed by atoms with E-state index in [1.807, 2.05) is 32.9 Å². The highest BCUT2D eigenvalue weighted by Crippen LogP contribution is 2.24. The van der Waals surface area contributed by atoms with Crippen LogP contribution in [0.2, 0.25) is 0 Å². The molecule has 0 aliphatic carbocycles. The molecule has 1 amide bonds. The molecule has 3 aromatic rings. The fraction of sp³-hybridized carbons (Fsp3) is 0.250. The van der Waals surface area contributed by atoms with Crippen LogP contribution in [0.1, 0.15) is 40.3 Å². The summed E-state index contributed by atoms with van der Waals surface area (Å²) in [5.41, 5.74) is 2.73. The first kappa shape index (κ1) is 21.9. The van der Waals surface area contributed by atoms with Gasteiger partial charge in [-0.1, -0.05) is 6.07 Å². The normalized spacial score (nSPS) is 15.2. The average Bonchev–Trinajstić information content (AvgIpc) is 2.76. The van der Waals surface area contributed by atoms with Gasteiger partial charge in [-0.05, 0) is 50.1 Å². The topological polar surface area (TPSA) is 114 Å². The first-order valence-electron chi connectivity index (χ1n) is 9.02. The zero-order valence-electron chi connectivity index (χ0n) is 16.6. The van der Waals surface area contributed by atoms with E-state index in [-0.39, 0.29) is 11.5 Å². The number of hydrogen-bond acceptors (Lipinski definition) is 5. The highest BCUT2D eigenvalue weighted by atomic mass is 19.4. The van der Waals surface area contributed by atoms with Crippen LogP contribution in [0.25, 0.3) is 16.7 Å². The molecule has 1 aliphatic rings. The van der Waals surface area contributed by atoms with E-state index in [1.54, 1.807) is 18.3 Å². The molecule has 0 saturated heterocycles. The lowest BCUT2D eigenvalue weighted by molar-refractivity contribution is -0.192. The van der Waals surface area contributed by atoms with Gasteiger partial charge in [0.15, 0.2) is 5.82 Å². The van der Waals surface area contributed by atoms with Gasteiger partial charge in [0.25, 0.3) is 11.5 Å². The van der Waals surface area contributed by atoms with Gasteiger partial charge < -0.3 is 10.4 Å². The number of aliphatic carboxylic acids is 1. The Kier molecular flexibility index (Phi) is 5.53. The molecular formula is C20H17F3N4O4. The SMILES string of the molecule is Cc1cc(C)c2c(=O)n3c(nc2c1)C(C)NC(=O)c1cccnc1-3.O=C(O)C(F)(F)F. The molecule has 1 aliphatic heterocycles. The predicted octanol–water partition coefficient (Wildman–Crippen LogP) is 2.84. The summed E-state index contributed by atoms with van der Waals surface area (Å²) < 4.78 is 33.2. The number of benzene rings is 1. The van der Waals surface area contributed by atoms with E-state index in [0.29, 0.717) is 28.1 Å². The van der Waals surface area contributed by atoms with Gasteiger partial charge >= 0.3 is 12.1 Å². The van der Waals surface area contributed by atoms with E-state index in [1.165, 1.54) is 4.57 Å². The number of carboxylic acid groups (broad SMARTS) is 1. The van der Waals surface area contributed by atoms with Crippen molar-refractivity contribution in [2.45, 2.75) is 33.0 Å². The van der Waals surface area contributed by atoms with Crippen LogP contribution in [0.3, 0.4) is 0 Å². The Morgan fingerprint density at radius 1 is 1.23 bits per heavy atom. The van der Waals surface area contributed by atoms with E-state index < -0.39 is 18.2 Å². The number of alkyl halides is 3. The highest BCUT2D eigenvalue weighted by Gasteiger charge is 2.38. The van der Waals surface area contributed by atoms with Crippen molar-refractivity contribution in [1.82, 2.24) is 19.9 Å². The number of amides is 1. The Morgan fingerprint density at radius 3 is 2.48 bits per heavy atom. The van der Waals surface area contributed by atoms with E-state index in [0.717, 1.165) is 11.1 Å². The molecule has 0 spiro atoms. The van der Waals surface area contributed by atoms with Crippen LogP contribution >= 0.6 is 0 Å². The third kappa shape index (κ3) is 4.11. The number of nitrogens with one attached hydrogen (secondary N) is 1. The number of halogens is 3. The number of pyridine rings is 1. The molecule has 0 saturated carbocycles. The summed E-state index contributed by atoms with van der Waals surface area (Å²) >= 11 is 0. The number of carbonyl (C=O) groups excluding carboxylic acids is 1. The second kappa shape index (κ2) is 7.82. The van der Waals surface area contributed by atoms with E-state index >= 15 is 0 Å². The average molecular weight is 434 g/mol. The monoisotopic (exact) mass is 434 g/mol. The first-order valence-corrected chi connectivity index (χ1v) is 9.02. The lowest BCUT2D eigenvalue weighted by atomic mass is 10.1. The van der Waals surface area contributed by atoms with Gasteiger partial charge in [-0.25, -0.2) is 19.3 Å². The third-order valence-electron chi connectivity index (χ3n) is 4.56. The Hall–Kier alpha value is -3.76. The molecule has 3 heterocycles. The maximum atomic E-state index is 13.2. The van der Waals surface area contributed by atoms with Crippen molar-refractivity contribution < 1.29 is 27.9 Å². The molecule has 31 heavy (non-hydrogen) atoms. The zero-order valence-corrected chi connectivity index (χ0v) is 16.6.